The molecule has 0 aromatic carbocycles. The topological polar surface area (TPSA) is 50.8 Å². The Kier molecular flexibility index (Phi) is 6.67. The number of nitriles is 2. The van der Waals surface area contributed by atoms with Gasteiger partial charge in [-0.15, -0.1) is 0 Å². The van der Waals surface area contributed by atoms with E-state index in [-0.39, 0.29) is 0 Å². The van der Waals surface area contributed by atoms with Gasteiger partial charge in [0.1, 0.15) is 0 Å². The molecule has 0 atom stereocenters. The van der Waals surface area contributed by atoms with Crippen LogP contribution in [0.15, 0.2) is 0 Å². The molecule has 0 unspecified atom stereocenters. The molecule has 1 saturated carbocycles. The van der Waals surface area contributed by atoms with E-state index in [1.807, 2.05) is 0 Å². The van der Waals surface area contributed by atoms with Crippen LogP contribution in [0, 0.1) is 34.5 Å². The van der Waals surface area contributed by atoms with Gasteiger partial charge in [0, 0.05) is 32.5 Å². The first kappa shape index (κ1) is 14.0. The Labute approximate surface area is 105 Å². The Morgan fingerprint density at radius 2 is 1.53 bits per heavy atom. The zero-order chi connectivity index (χ0) is 12.5. The van der Waals surface area contributed by atoms with E-state index in [9.17, 15) is 0 Å². The van der Waals surface area contributed by atoms with E-state index in [2.05, 4.69) is 24.0 Å². The van der Waals surface area contributed by atoms with E-state index in [4.69, 9.17) is 10.5 Å². The average molecular weight is 233 g/mol. The molecule has 1 rings (SSSR count). The Hall–Kier alpha value is -1.06. The van der Waals surface area contributed by atoms with Gasteiger partial charge in [-0.3, -0.25) is 0 Å². The van der Waals surface area contributed by atoms with E-state index in [1.165, 1.54) is 25.7 Å². The minimum Gasteiger partial charge on any atom is -0.301 e. The molecule has 0 heterocycles. The van der Waals surface area contributed by atoms with Crippen LogP contribution in [0.1, 0.15) is 45.4 Å². The summed E-state index contributed by atoms with van der Waals surface area (Å²) in [7, 11) is 0. The van der Waals surface area contributed by atoms with Crippen molar-refractivity contribution in [2.24, 2.45) is 11.8 Å². The third-order valence-electron chi connectivity index (χ3n) is 3.73. The van der Waals surface area contributed by atoms with Gasteiger partial charge in [-0.1, -0.05) is 19.8 Å². The Morgan fingerprint density at radius 3 is 2.00 bits per heavy atom. The molecule has 0 aliphatic heterocycles. The molecular weight excluding hydrogens is 210 g/mol. The molecule has 17 heavy (non-hydrogen) atoms. The molecule has 0 amide bonds. The molecule has 1 aliphatic rings. The summed E-state index contributed by atoms with van der Waals surface area (Å²) in [4.78, 5) is 2.30. The van der Waals surface area contributed by atoms with Crippen molar-refractivity contribution >= 4 is 0 Å². The van der Waals surface area contributed by atoms with Crippen molar-refractivity contribution in [3.05, 3.63) is 0 Å². The zero-order valence-electron chi connectivity index (χ0n) is 10.9. The molecule has 0 bridgehead atoms. The van der Waals surface area contributed by atoms with Gasteiger partial charge >= 0.3 is 0 Å². The summed E-state index contributed by atoms with van der Waals surface area (Å²) in [5.41, 5.74) is 0. The fourth-order valence-corrected chi connectivity index (χ4v) is 2.59. The van der Waals surface area contributed by atoms with Gasteiger partial charge in [0.2, 0.25) is 0 Å². The lowest BCUT2D eigenvalue weighted by molar-refractivity contribution is 0.189. The van der Waals surface area contributed by atoms with Crippen LogP contribution in [0.2, 0.25) is 0 Å². The van der Waals surface area contributed by atoms with E-state index < -0.39 is 0 Å². The van der Waals surface area contributed by atoms with Crippen LogP contribution in [-0.2, 0) is 0 Å². The van der Waals surface area contributed by atoms with E-state index in [1.54, 1.807) is 0 Å². The van der Waals surface area contributed by atoms with Crippen molar-refractivity contribution in [3.8, 4) is 12.1 Å². The van der Waals surface area contributed by atoms with Crippen molar-refractivity contribution in [1.29, 1.82) is 10.5 Å². The van der Waals surface area contributed by atoms with Crippen LogP contribution in [0.3, 0.4) is 0 Å². The molecule has 0 aromatic heterocycles. The first-order chi connectivity index (χ1) is 8.26. The Bertz CT molecular complexity index is 261. The second kappa shape index (κ2) is 8.09. The molecular formula is C14H23N3. The fraction of sp³-hybridized carbons (Fsp3) is 0.857. The normalized spacial score (nSPS) is 24.2. The van der Waals surface area contributed by atoms with Crippen molar-refractivity contribution in [2.45, 2.75) is 45.4 Å². The predicted octanol–water partition coefficient (Wildman–Crippen LogP) is 2.94. The number of nitrogens with zero attached hydrogens (tertiary/aromatic N) is 3. The highest BCUT2D eigenvalue weighted by molar-refractivity contribution is 4.79. The summed E-state index contributed by atoms with van der Waals surface area (Å²) >= 11 is 0. The lowest BCUT2D eigenvalue weighted by Gasteiger charge is -2.31. The van der Waals surface area contributed by atoms with Gasteiger partial charge < -0.3 is 4.90 Å². The summed E-state index contributed by atoms with van der Waals surface area (Å²) < 4.78 is 0. The lowest BCUT2D eigenvalue weighted by Crippen LogP contribution is -2.32. The summed E-state index contributed by atoms with van der Waals surface area (Å²) in [5, 5.41) is 17.3. The molecule has 0 spiro atoms. The monoisotopic (exact) mass is 233 g/mol. The summed E-state index contributed by atoms with van der Waals surface area (Å²) in [6.07, 6.45) is 6.47. The molecule has 1 aliphatic carbocycles. The first-order valence-electron chi connectivity index (χ1n) is 6.72. The smallest absolute Gasteiger partial charge is 0.0635 e. The maximum absolute atomic E-state index is 8.64. The lowest BCUT2D eigenvalue weighted by atomic mass is 9.83. The van der Waals surface area contributed by atoms with Crippen LogP contribution in [0.4, 0.5) is 0 Å². The van der Waals surface area contributed by atoms with Gasteiger partial charge in [0.15, 0.2) is 0 Å². The highest BCUT2D eigenvalue weighted by atomic mass is 15.1. The maximum Gasteiger partial charge on any atom is 0.0635 e. The minimum atomic E-state index is 0.578. The molecule has 3 nitrogen and oxygen atoms in total. The number of hydrogen-bond acceptors (Lipinski definition) is 3. The van der Waals surface area contributed by atoms with Gasteiger partial charge in [-0.2, -0.15) is 10.5 Å². The van der Waals surface area contributed by atoms with Crippen molar-refractivity contribution in [3.63, 3.8) is 0 Å². The standard InChI is InChI=1S/C14H23N3/c1-13-4-6-14(7-5-13)12-17(10-2-8-15)11-3-9-16/h13-14H,2-7,10-12H2,1H3. The molecule has 0 aromatic rings. The zero-order valence-corrected chi connectivity index (χ0v) is 10.9. The third kappa shape index (κ3) is 5.71. The molecule has 0 radical (unpaired) electrons. The molecule has 1 fully saturated rings. The van der Waals surface area contributed by atoms with Crippen LogP contribution in [0.25, 0.3) is 0 Å². The Morgan fingerprint density at radius 1 is 1.00 bits per heavy atom. The van der Waals surface area contributed by atoms with E-state index in [0.717, 1.165) is 31.5 Å². The molecule has 0 N–H and O–H groups in total. The minimum absolute atomic E-state index is 0.578. The van der Waals surface area contributed by atoms with E-state index >= 15 is 0 Å². The second-order valence-electron chi connectivity index (χ2n) is 5.24. The second-order valence-corrected chi connectivity index (χ2v) is 5.24. The largest absolute Gasteiger partial charge is 0.301 e. The predicted molar refractivity (Wildman–Crippen MR) is 68.0 cm³/mol. The highest BCUT2D eigenvalue weighted by Gasteiger charge is 2.20. The van der Waals surface area contributed by atoms with Crippen LogP contribution in [0.5, 0.6) is 0 Å². The average Bonchev–Trinajstić information content (AvgIpc) is 2.35. The highest BCUT2D eigenvalue weighted by Crippen LogP contribution is 2.28. The number of hydrogen-bond donors (Lipinski definition) is 0. The summed E-state index contributed by atoms with van der Waals surface area (Å²) in [6.45, 7) is 5.06. The SMILES string of the molecule is CC1CCC(CN(CCC#N)CCC#N)CC1. The molecule has 0 saturated heterocycles. The summed E-state index contributed by atoms with van der Waals surface area (Å²) in [6, 6.07) is 4.39. The maximum atomic E-state index is 8.64. The van der Waals surface area contributed by atoms with Crippen molar-refractivity contribution in [1.82, 2.24) is 4.90 Å². The van der Waals surface area contributed by atoms with Crippen molar-refractivity contribution in [2.75, 3.05) is 19.6 Å². The van der Waals surface area contributed by atoms with Gasteiger partial charge in [0.05, 0.1) is 12.1 Å². The van der Waals surface area contributed by atoms with E-state index in [0.29, 0.717) is 12.8 Å². The van der Waals surface area contributed by atoms with Gasteiger partial charge in [-0.05, 0) is 24.7 Å². The van der Waals surface area contributed by atoms with Crippen LogP contribution < -0.4 is 0 Å². The third-order valence-corrected chi connectivity index (χ3v) is 3.73. The van der Waals surface area contributed by atoms with Crippen molar-refractivity contribution < 1.29 is 0 Å². The first-order valence-corrected chi connectivity index (χ1v) is 6.72. The summed E-state index contributed by atoms with van der Waals surface area (Å²) in [5.74, 6) is 1.67. The molecule has 94 valence electrons. The fourth-order valence-electron chi connectivity index (χ4n) is 2.59. The molecule has 3 heteroatoms. The number of rotatable bonds is 6. The van der Waals surface area contributed by atoms with Crippen LogP contribution >= 0.6 is 0 Å². The quantitative estimate of drug-likeness (QED) is 0.708. The van der Waals surface area contributed by atoms with Crippen LogP contribution in [-0.4, -0.2) is 24.5 Å². The Balaban J connectivity index is 2.31. The van der Waals surface area contributed by atoms with Gasteiger partial charge in [-0.25, -0.2) is 0 Å². The van der Waals surface area contributed by atoms with Gasteiger partial charge in [0.25, 0.3) is 0 Å².